The fraction of sp³-hybridized carbons (Fsp3) is 0.208. The van der Waals surface area contributed by atoms with Crippen LogP contribution in [0.15, 0.2) is 72.9 Å². The lowest BCUT2D eigenvalue weighted by Gasteiger charge is -2.33. The third kappa shape index (κ3) is 3.64. The summed E-state index contributed by atoms with van der Waals surface area (Å²) < 4.78 is 0. The number of rotatable bonds is 4. The van der Waals surface area contributed by atoms with Crippen LogP contribution in [0.25, 0.3) is 22.0 Å². The Morgan fingerprint density at radius 1 is 1.00 bits per heavy atom. The molecule has 0 spiro atoms. The van der Waals surface area contributed by atoms with Crippen LogP contribution in [0.2, 0.25) is 0 Å². The van der Waals surface area contributed by atoms with Gasteiger partial charge in [-0.1, -0.05) is 54.6 Å². The molecule has 2 aromatic heterocycles. The molecule has 0 unspecified atom stereocenters. The zero-order valence-corrected chi connectivity index (χ0v) is 16.6. The van der Waals surface area contributed by atoms with Gasteiger partial charge in [-0.15, -0.1) is 0 Å². The standard InChI is InChI=1S/C24H23N5O/c30-24(22-16-21(27-28-22)18-7-2-1-3-8-18)26-19-11-14-29(15-12-19)23-20-9-5-4-6-17(20)10-13-25-23/h1-10,13,16,19H,11-12,14-15H2,(H,26,30)(H,27,28). The third-order valence-electron chi connectivity index (χ3n) is 5.67. The molecule has 150 valence electrons. The number of pyridine rings is 1. The Balaban J connectivity index is 1.22. The summed E-state index contributed by atoms with van der Waals surface area (Å²) in [4.78, 5) is 19.6. The number of fused-ring (bicyclic) bond motifs is 1. The van der Waals surface area contributed by atoms with Gasteiger partial charge in [-0.2, -0.15) is 5.10 Å². The minimum Gasteiger partial charge on any atom is -0.356 e. The molecule has 3 heterocycles. The van der Waals surface area contributed by atoms with Crippen molar-refractivity contribution in [3.05, 3.63) is 78.6 Å². The van der Waals surface area contributed by atoms with E-state index >= 15 is 0 Å². The predicted octanol–water partition coefficient (Wildman–Crippen LogP) is 4.02. The van der Waals surface area contributed by atoms with Crippen molar-refractivity contribution >= 4 is 22.5 Å². The van der Waals surface area contributed by atoms with Crippen LogP contribution in [0.1, 0.15) is 23.3 Å². The minimum absolute atomic E-state index is 0.105. The number of hydrogen-bond acceptors (Lipinski definition) is 4. The first-order valence-corrected chi connectivity index (χ1v) is 10.3. The number of anilines is 1. The smallest absolute Gasteiger partial charge is 0.269 e. The summed E-state index contributed by atoms with van der Waals surface area (Å²) in [6.45, 7) is 1.73. The highest BCUT2D eigenvalue weighted by Gasteiger charge is 2.23. The van der Waals surface area contributed by atoms with Crippen LogP contribution >= 0.6 is 0 Å². The van der Waals surface area contributed by atoms with Crippen molar-refractivity contribution in [2.24, 2.45) is 0 Å². The quantitative estimate of drug-likeness (QED) is 0.545. The molecule has 2 N–H and O–H groups in total. The lowest BCUT2D eigenvalue weighted by molar-refractivity contribution is 0.0926. The second-order valence-electron chi connectivity index (χ2n) is 7.62. The van der Waals surface area contributed by atoms with Crippen LogP contribution in [-0.4, -0.2) is 40.2 Å². The first kappa shape index (κ1) is 18.4. The lowest BCUT2D eigenvalue weighted by atomic mass is 10.0. The molecule has 1 aliphatic heterocycles. The average Bonchev–Trinajstić information content (AvgIpc) is 3.31. The Labute approximate surface area is 174 Å². The Hall–Kier alpha value is -3.67. The molecule has 6 heteroatoms. The maximum atomic E-state index is 12.7. The first-order chi connectivity index (χ1) is 14.8. The molecule has 2 aromatic carbocycles. The highest BCUT2D eigenvalue weighted by atomic mass is 16.2. The minimum atomic E-state index is -0.105. The van der Waals surface area contributed by atoms with Crippen molar-refractivity contribution in [2.45, 2.75) is 18.9 Å². The zero-order valence-electron chi connectivity index (χ0n) is 16.6. The summed E-state index contributed by atoms with van der Waals surface area (Å²) in [5.74, 6) is 0.922. The van der Waals surface area contributed by atoms with Crippen molar-refractivity contribution in [3.8, 4) is 11.3 Å². The molecule has 1 aliphatic rings. The van der Waals surface area contributed by atoms with E-state index in [1.165, 1.54) is 10.8 Å². The fourth-order valence-electron chi connectivity index (χ4n) is 4.05. The SMILES string of the molecule is O=C(NC1CCN(c2nccc3ccccc23)CC1)c1cc(-c2ccccc2)n[nH]1. The van der Waals surface area contributed by atoms with E-state index in [0.717, 1.165) is 43.0 Å². The Morgan fingerprint density at radius 3 is 2.60 bits per heavy atom. The van der Waals surface area contributed by atoms with Gasteiger partial charge in [-0.05, 0) is 30.4 Å². The Kier molecular flexibility index (Phi) is 4.89. The topological polar surface area (TPSA) is 73.9 Å². The molecular formula is C24H23N5O. The fourth-order valence-corrected chi connectivity index (χ4v) is 4.05. The van der Waals surface area contributed by atoms with E-state index in [2.05, 4.69) is 43.6 Å². The third-order valence-corrected chi connectivity index (χ3v) is 5.67. The van der Waals surface area contributed by atoms with Crippen molar-refractivity contribution in [2.75, 3.05) is 18.0 Å². The summed E-state index contributed by atoms with van der Waals surface area (Å²) >= 11 is 0. The number of benzene rings is 2. The lowest BCUT2D eigenvalue weighted by Crippen LogP contribution is -2.45. The molecule has 30 heavy (non-hydrogen) atoms. The normalized spacial score (nSPS) is 14.7. The second kappa shape index (κ2) is 7.99. The molecule has 1 amide bonds. The van der Waals surface area contributed by atoms with Crippen LogP contribution in [0, 0.1) is 0 Å². The van der Waals surface area contributed by atoms with Gasteiger partial charge in [0.15, 0.2) is 0 Å². The van der Waals surface area contributed by atoms with Gasteiger partial charge in [0, 0.05) is 36.3 Å². The summed E-state index contributed by atoms with van der Waals surface area (Å²) in [6, 6.07) is 22.2. The second-order valence-corrected chi connectivity index (χ2v) is 7.62. The van der Waals surface area contributed by atoms with Gasteiger partial charge in [0.1, 0.15) is 11.5 Å². The number of nitrogens with zero attached hydrogens (tertiary/aromatic N) is 3. The highest BCUT2D eigenvalue weighted by Crippen LogP contribution is 2.26. The number of carbonyl (C=O) groups is 1. The van der Waals surface area contributed by atoms with E-state index in [1.54, 1.807) is 6.07 Å². The van der Waals surface area contributed by atoms with Gasteiger partial charge < -0.3 is 10.2 Å². The van der Waals surface area contributed by atoms with Gasteiger partial charge in [0.25, 0.3) is 5.91 Å². The van der Waals surface area contributed by atoms with Crippen LogP contribution < -0.4 is 10.2 Å². The number of piperidine rings is 1. The molecule has 0 atom stereocenters. The monoisotopic (exact) mass is 397 g/mol. The molecule has 5 rings (SSSR count). The maximum Gasteiger partial charge on any atom is 0.269 e. The van der Waals surface area contributed by atoms with Crippen LogP contribution in [0.3, 0.4) is 0 Å². The average molecular weight is 397 g/mol. The Morgan fingerprint density at radius 2 is 1.77 bits per heavy atom. The Bertz CT molecular complexity index is 1160. The summed E-state index contributed by atoms with van der Waals surface area (Å²) in [5.41, 5.74) is 2.26. The van der Waals surface area contributed by atoms with Gasteiger partial charge >= 0.3 is 0 Å². The van der Waals surface area contributed by atoms with Gasteiger partial charge in [0.05, 0.1) is 5.69 Å². The van der Waals surface area contributed by atoms with E-state index in [4.69, 9.17) is 0 Å². The van der Waals surface area contributed by atoms with Crippen LogP contribution in [-0.2, 0) is 0 Å². The molecule has 0 bridgehead atoms. The molecule has 6 nitrogen and oxygen atoms in total. The van der Waals surface area contributed by atoms with E-state index in [-0.39, 0.29) is 11.9 Å². The largest absolute Gasteiger partial charge is 0.356 e. The first-order valence-electron chi connectivity index (χ1n) is 10.3. The molecule has 0 radical (unpaired) electrons. The number of H-pyrrole nitrogens is 1. The predicted molar refractivity (Wildman–Crippen MR) is 118 cm³/mol. The molecule has 1 saturated heterocycles. The summed E-state index contributed by atoms with van der Waals surface area (Å²) in [7, 11) is 0. The van der Waals surface area contributed by atoms with Crippen molar-refractivity contribution < 1.29 is 4.79 Å². The van der Waals surface area contributed by atoms with Crippen molar-refractivity contribution in [1.29, 1.82) is 0 Å². The maximum absolute atomic E-state index is 12.7. The molecule has 1 fully saturated rings. The highest BCUT2D eigenvalue weighted by molar-refractivity contribution is 5.94. The number of hydrogen-bond donors (Lipinski definition) is 2. The zero-order chi connectivity index (χ0) is 20.3. The molecular weight excluding hydrogens is 374 g/mol. The number of aromatic nitrogens is 3. The van der Waals surface area contributed by atoms with Gasteiger partial charge in [0.2, 0.25) is 0 Å². The summed E-state index contributed by atoms with van der Waals surface area (Å²) in [5, 5.41) is 12.7. The van der Waals surface area contributed by atoms with E-state index in [0.29, 0.717) is 5.69 Å². The molecule has 0 aliphatic carbocycles. The van der Waals surface area contributed by atoms with Gasteiger partial charge in [-0.3, -0.25) is 9.89 Å². The van der Waals surface area contributed by atoms with E-state index < -0.39 is 0 Å². The number of nitrogens with one attached hydrogen (secondary N) is 2. The number of carbonyl (C=O) groups excluding carboxylic acids is 1. The summed E-state index contributed by atoms with van der Waals surface area (Å²) in [6.07, 6.45) is 3.64. The van der Waals surface area contributed by atoms with Crippen LogP contribution in [0.4, 0.5) is 5.82 Å². The van der Waals surface area contributed by atoms with Crippen molar-refractivity contribution in [1.82, 2.24) is 20.5 Å². The molecule has 4 aromatic rings. The van der Waals surface area contributed by atoms with Gasteiger partial charge in [-0.25, -0.2) is 4.98 Å². The molecule has 0 saturated carbocycles. The van der Waals surface area contributed by atoms with E-state index in [1.807, 2.05) is 48.7 Å². The van der Waals surface area contributed by atoms with E-state index in [9.17, 15) is 4.79 Å². The number of amides is 1. The van der Waals surface area contributed by atoms with Crippen molar-refractivity contribution in [3.63, 3.8) is 0 Å². The number of aromatic amines is 1. The van der Waals surface area contributed by atoms with Crippen LogP contribution in [0.5, 0.6) is 0 Å².